The van der Waals surface area contributed by atoms with Crippen LogP contribution in [0.3, 0.4) is 0 Å². The minimum atomic E-state index is -0.401. The summed E-state index contributed by atoms with van der Waals surface area (Å²) in [5.41, 5.74) is 8.03. The Balaban J connectivity index is 1.99. The summed E-state index contributed by atoms with van der Waals surface area (Å²) in [7, 11) is 0. The van der Waals surface area contributed by atoms with Crippen LogP contribution in [0.1, 0.15) is 15.9 Å². The van der Waals surface area contributed by atoms with Crippen LogP contribution in [0.15, 0.2) is 55.0 Å². The van der Waals surface area contributed by atoms with Crippen molar-refractivity contribution in [1.82, 2.24) is 9.55 Å². The second-order valence-electron chi connectivity index (χ2n) is 4.44. The fourth-order valence-electron chi connectivity index (χ4n) is 2.18. The zero-order chi connectivity index (χ0) is 13.2. The molecule has 94 valence electrons. The molecule has 4 nitrogen and oxygen atoms in total. The van der Waals surface area contributed by atoms with Gasteiger partial charge >= 0.3 is 0 Å². The van der Waals surface area contributed by atoms with E-state index in [1.807, 2.05) is 42.7 Å². The lowest BCUT2D eigenvalue weighted by Gasteiger charge is -2.05. The Bertz CT molecular complexity index is 731. The lowest BCUT2D eigenvalue weighted by atomic mass is 10.1. The molecule has 0 fully saturated rings. The van der Waals surface area contributed by atoms with Crippen molar-refractivity contribution in [3.8, 4) is 0 Å². The molecule has 19 heavy (non-hydrogen) atoms. The van der Waals surface area contributed by atoms with Crippen LogP contribution in [-0.2, 0) is 6.54 Å². The van der Waals surface area contributed by atoms with E-state index >= 15 is 0 Å². The molecule has 2 heterocycles. The molecule has 0 aliphatic heterocycles. The molecule has 1 amide bonds. The van der Waals surface area contributed by atoms with E-state index in [-0.39, 0.29) is 0 Å². The predicted molar refractivity (Wildman–Crippen MR) is 73.8 cm³/mol. The molecule has 0 atom stereocenters. The van der Waals surface area contributed by atoms with Gasteiger partial charge in [0.05, 0.1) is 0 Å². The summed E-state index contributed by atoms with van der Waals surface area (Å²) >= 11 is 0. The molecule has 0 spiro atoms. The van der Waals surface area contributed by atoms with E-state index in [4.69, 9.17) is 5.73 Å². The topological polar surface area (TPSA) is 60.9 Å². The summed E-state index contributed by atoms with van der Waals surface area (Å²) in [5.74, 6) is -0.401. The Morgan fingerprint density at radius 1 is 1.26 bits per heavy atom. The van der Waals surface area contributed by atoms with Crippen LogP contribution in [0.4, 0.5) is 0 Å². The van der Waals surface area contributed by atoms with Gasteiger partial charge in [-0.1, -0.05) is 6.07 Å². The number of nitrogens with zero attached hydrogens (tertiary/aromatic N) is 2. The summed E-state index contributed by atoms with van der Waals surface area (Å²) in [6.45, 7) is 0.757. The molecule has 0 saturated carbocycles. The highest BCUT2D eigenvalue weighted by Gasteiger charge is 2.05. The third-order valence-corrected chi connectivity index (χ3v) is 3.13. The van der Waals surface area contributed by atoms with Gasteiger partial charge in [0, 0.05) is 41.6 Å². The monoisotopic (exact) mass is 251 g/mol. The highest BCUT2D eigenvalue weighted by molar-refractivity contribution is 5.97. The largest absolute Gasteiger partial charge is 0.366 e. The van der Waals surface area contributed by atoms with Gasteiger partial charge in [0.2, 0.25) is 5.91 Å². The average Bonchev–Trinajstić information content (AvgIpc) is 2.82. The summed E-state index contributed by atoms with van der Waals surface area (Å²) in [6, 6.07) is 11.4. The Labute approximate surface area is 110 Å². The van der Waals surface area contributed by atoms with E-state index in [1.165, 1.54) is 0 Å². The number of nitrogens with two attached hydrogens (primary N) is 1. The van der Waals surface area contributed by atoms with Crippen molar-refractivity contribution in [1.29, 1.82) is 0 Å². The van der Waals surface area contributed by atoms with Crippen LogP contribution in [0.5, 0.6) is 0 Å². The summed E-state index contributed by atoms with van der Waals surface area (Å²) in [4.78, 5) is 15.3. The fraction of sp³-hybridized carbons (Fsp3) is 0.0667. The van der Waals surface area contributed by atoms with Gasteiger partial charge in [-0.05, 0) is 35.9 Å². The highest BCUT2D eigenvalue weighted by atomic mass is 16.1. The van der Waals surface area contributed by atoms with E-state index in [1.54, 1.807) is 12.3 Å². The van der Waals surface area contributed by atoms with E-state index in [9.17, 15) is 4.79 Å². The standard InChI is InChI=1S/C15H13N3O/c16-15(19)13-3-4-14-12(8-13)5-7-18(14)10-11-2-1-6-17-9-11/h1-9H,10H2,(H2,16,19). The average molecular weight is 251 g/mol. The zero-order valence-corrected chi connectivity index (χ0v) is 10.3. The maximum atomic E-state index is 11.1. The Morgan fingerprint density at radius 2 is 2.16 bits per heavy atom. The van der Waals surface area contributed by atoms with Gasteiger partial charge in [0.1, 0.15) is 0 Å². The molecule has 0 radical (unpaired) electrons. The van der Waals surface area contributed by atoms with Crippen molar-refractivity contribution in [2.24, 2.45) is 5.73 Å². The molecule has 0 bridgehead atoms. The smallest absolute Gasteiger partial charge is 0.248 e. The van der Waals surface area contributed by atoms with Crippen LogP contribution in [-0.4, -0.2) is 15.5 Å². The molecular formula is C15H13N3O. The maximum Gasteiger partial charge on any atom is 0.248 e. The van der Waals surface area contributed by atoms with E-state index in [2.05, 4.69) is 9.55 Å². The van der Waals surface area contributed by atoms with E-state index in [0.717, 1.165) is 23.0 Å². The number of benzene rings is 1. The van der Waals surface area contributed by atoms with Crippen LogP contribution < -0.4 is 5.73 Å². The van der Waals surface area contributed by atoms with Crippen LogP contribution in [0, 0.1) is 0 Å². The first-order valence-electron chi connectivity index (χ1n) is 6.01. The first-order valence-corrected chi connectivity index (χ1v) is 6.01. The van der Waals surface area contributed by atoms with Gasteiger partial charge in [0.15, 0.2) is 0 Å². The first-order chi connectivity index (χ1) is 9.24. The number of hydrogen-bond acceptors (Lipinski definition) is 2. The Hall–Kier alpha value is -2.62. The summed E-state index contributed by atoms with van der Waals surface area (Å²) in [6.07, 6.45) is 5.61. The van der Waals surface area contributed by atoms with Crippen molar-refractivity contribution in [3.63, 3.8) is 0 Å². The highest BCUT2D eigenvalue weighted by Crippen LogP contribution is 2.18. The molecule has 0 saturated heterocycles. The number of fused-ring (bicyclic) bond motifs is 1. The van der Waals surface area contributed by atoms with Crippen molar-refractivity contribution in [3.05, 3.63) is 66.1 Å². The molecule has 0 aliphatic rings. The lowest BCUT2D eigenvalue weighted by molar-refractivity contribution is 0.100. The van der Waals surface area contributed by atoms with Gasteiger partial charge < -0.3 is 10.3 Å². The van der Waals surface area contributed by atoms with Crippen LogP contribution in [0.25, 0.3) is 10.9 Å². The summed E-state index contributed by atoms with van der Waals surface area (Å²) in [5, 5.41) is 1.01. The molecule has 3 rings (SSSR count). The second kappa shape index (κ2) is 4.57. The normalized spacial score (nSPS) is 10.7. The first kappa shape index (κ1) is 11.5. The minimum Gasteiger partial charge on any atom is -0.366 e. The van der Waals surface area contributed by atoms with Crippen molar-refractivity contribution < 1.29 is 4.79 Å². The van der Waals surface area contributed by atoms with Gasteiger partial charge in [0.25, 0.3) is 0 Å². The van der Waals surface area contributed by atoms with Crippen molar-refractivity contribution in [2.45, 2.75) is 6.54 Å². The molecular weight excluding hydrogens is 238 g/mol. The number of pyridine rings is 1. The number of carbonyl (C=O) groups excluding carboxylic acids is 1. The quantitative estimate of drug-likeness (QED) is 0.775. The molecule has 1 aromatic carbocycles. The number of primary amides is 1. The Kier molecular flexibility index (Phi) is 2.76. The molecule has 2 aromatic heterocycles. The van der Waals surface area contributed by atoms with Gasteiger partial charge in [-0.3, -0.25) is 9.78 Å². The van der Waals surface area contributed by atoms with Crippen LogP contribution in [0.2, 0.25) is 0 Å². The molecule has 0 aliphatic carbocycles. The van der Waals surface area contributed by atoms with Gasteiger partial charge in [-0.25, -0.2) is 0 Å². The second-order valence-corrected chi connectivity index (χ2v) is 4.44. The number of carbonyl (C=O) groups is 1. The van der Waals surface area contributed by atoms with Crippen molar-refractivity contribution >= 4 is 16.8 Å². The number of aromatic nitrogens is 2. The zero-order valence-electron chi connectivity index (χ0n) is 10.3. The molecule has 2 N–H and O–H groups in total. The number of hydrogen-bond donors (Lipinski definition) is 1. The van der Waals surface area contributed by atoms with E-state index in [0.29, 0.717) is 5.56 Å². The fourth-order valence-corrected chi connectivity index (χ4v) is 2.18. The summed E-state index contributed by atoms with van der Waals surface area (Å²) < 4.78 is 2.12. The van der Waals surface area contributed by atoms with Crippen LogP contribution >= 0.6 is 0 Å². The third-order valence-electron chi connectivity index (χ3n) is 3.13. The molecule has 3 aromatic rings. The number of amides is 1. The molecule has 4 heteroatoms. The third kappa shape index (κ3) is 2.20. The molecule has 0 unspecified atom stereocenters. The van der Waals surface area contributed by atoms with Gasteiger partial charge in [-0.2, -0.15) is 0 Å². The van der Waals surface area contributed by atoms with Gasteiger partial charge in [-0.15, -0.1) is 0 Å². The predicted octanol–water partition coefficient (Wildman–Crippen LogP) is 2.18. The Morgan fingerprint density at radius 3 is 2.89 bits per heavy atom. The number of rotatable bonds is 3. The maximum absolute atomic E-state index is 11.1. The van der Waals surface area contributed by atoms with E-state index < -0.39 is 5.91 Å². The SMILES string of the molecule is NC(=O)c1ccc2c(ccn2Cc2cccnc2)c1. The van der Waals surface area contributed by atoms with Crippen molar-refractivity contribution in [2.75, 3.05) is 0 Å². The lowest BCUT2D eigenvalue weighted by Crippen LogP contribution is -2.10. The minimum absolute atomic E-state index is 0.401.